The van der Waals surface area contributed by atoms with Gasteiger partial charge in [0.05, 0.1) is 15.7 Å². The topological polar surface area (TPSA) is 36.4 Å². The summed E-state index contributed by atoms with van der Waals surface area (Å²) in [4.78, 5) is 6.81. The van der Waals surface area contributed by atoms with E-state index in [9.17, 15) is 9.50 Å². The molecule has 0 spiro atoms. The molecule has 3 nitrogen and oxygen atoms in total. The maximum absolute atomic E-state index is 13.0. The van der Waals surface area contributed by atoms with Crippen LogP contribution < -0.4 is 0 Å². The highest BCUT2D eigenvalue weighted by molar-refractivity contribution is 6.39. The second-order valence-corrected chi connectivity index (χ2v) is 7.86. The Morgan fingerprint density at radius 1 is 1.07 bits per heavy atom. The van der Waals surface area contributed by atoms with Gasteiger partial charge in [-0.15, -0.1) is 0 Å². The van der Waals surface area contributed by atoms with Gasteiger partial charge < -0.3 is 5.11 Å². The molecular weight excluding hydrogens is 410 g/mol. The van der Waals surface area contributed by atoms with Crippen LogP contribution in [0.2, 0.25) is 10.0 Å². The first-order valence-corrected chi connectivity index (χ1v) is 10.1. The molecule has 3 aromatic rings. The van der Waals surface area contributed by atoms with Crippen LogP contribution in [0.3, 0.4) is 0 Å². The van der Waals surface area contributed by atoms with Gasteiger partial charge in [0.2, 0.25) is 0 Å². The molecular formula is C23H19Cl2FN2O. The minimum absolute atomic E-state index is 0.0605. The van der Waals surface area contributed by atoms with Crippen LogP contribution in [-0.4, -0.2) is 28.1 Å². The van der Waals surface area contributed by atoms with E-state index in [0.717, 1.165) is 37.3 Å². The highest BCUT2D eigenvalue weighted by Gasteiger charge is 2.12. The van der Waals surface area contributed by atoms with Crippen molar-refractivity contribution in [2.24, 2.45) is 0 Å². The van der Waals surface area contributed by atoms with E-state index >= 15 is 0 Å². The Hall–Kier alpha value is -2.40. The Balaban J connectivity index is 1.45. The van der Waals surface area contributed by atoms with Crippen LogP contribution in [0.25, 0.3) is 17.0 Å². The summed E-state index contributed by atoms with van der Waals surface area (Å²) in [7, 11) is 0. The van der Waals surface area contributed by atoms with E-state index in [-0.39, 0.29) is 16.6 Å². The lowest BCUT2D eigenvalue weighted by atomic mass is 10.1. The largest absolute Gasteiger partial charge is 0.504 e. The zero-order chi connectivity index (χ0) is 20.4. The Morgan fingerprint density at radius 3 is 2.59 bits per heavy atom. The van der Waals surface area contributed by atoms with Crippen molar-refractivity contribution < 1.29 is 9.50 Å². The molecule has 1 aromatic heterocycles. The molecule has 1 aliphatic rings. The molecule has 0 saturated carbocycles. The molecule has 2 aromatic carbocycles. The first-order valence-electron chi connectivity index (χ1n) is 9.31. The first-order chi connectivity index (χ1) is 14.0. The third kappa shape index (κ3) is 4.61. The number of hydrogen-bond acceptors (Lipinski definition) is 3. The lowest BCUT2D eigenvalue weighted by Crippen LogP contribution is -2.28. The molecule has 2 heterocycles. The number of phenolic OH excluding ortho intramolecular Hbond substituents is 1. The fourth-order valence-electron chi connectivity index (χ4n) is 3.37. The quantitative estimate of drug-likeness (QED) is 0.534. The maximum atomic E-state index is 13.0. The lowest BCUT2D eigenvalue weighted by Gasteiger charge is -2.25. The van der Waals surface area contributed by atoms with E-state index in [1.807, 2.05) is 36.4 Å². The zero-order valence-electron chi connectivity index (χ0n) is 15.6. The zero-order valence-corrected chi connectivity index (χ0v) is 17.1. The molecule has 0 saturated heterocycles. The van der Waals surface area contributed by atoms with Gasteiger partial charge in [-0.1, -0.05) is 47.5 Å². The number of rotatable bonds is 4. The highest BCUT2D eigenvalue weighted by atomic mass is 35.5. The molecule has 0 bridgehead atoms. The van der Waals surface area contributed by atoms with Crippen LogP contribution in [0.15, 0.2) is 60.2 Å². The predicted molar refractivity (Wildman–Crippen MR) is 117 cm³/mol. The molecule has 1 N–H and O–H groups in total. The molecule has 0 atom stereocenters. The van der Waals surface area contributed by atoms with Gasteiger partial charge in [-0.25, -0.2) is 9.37 Å². The Bertz CT molecular complexity index is 1110. The summed E-state index contributed by atoms with van der Waals surface area (Å²) in [6, 6.07) is 11.9. The number of fused-ring (bicyclic) bond motifs is 1. The number of allylic oxidation sites excluding steroid dienone is 1. The van der Waals surface area contributed by atoms with Gasteiger partial charge in [0, 0.05) is 25.0 Å². The number of nitrogens with zero attached hydrogens (tertiary/aromatic N) is 2. The van der Waals surface area contributed by atoms with E-state index in [4.69, 9.17) is 23.2 Å². The summed E-state index contributed by atoms with van der Waals surface area (Å²) < 4.78 is 13.0. The second-order valence-electron chi connectivity index (χ2n) is 7.05. The Morgan fingerprint density at radius 2 is 1.86 bits per heavy atom. The minimum Gasteiger partial charge on any atom is -0.504 e. The molecule has 0 fully saturated rings. The van der Waals surface area contributed by atoms with Crippen LogP contribution in [0.4, 0.5) is 4.39 Å². The van der Waals surface area contributed by atoms with Gasteiger partial charge in [-0.2, -0.15) is 0 Å². The summed E-state index contributed by atoms with van der Waals surface area (Å²) >= 11 is 12.2. The summed E-state index contributed by atoms with van der Waals surface area (Å²) in [5.74, 6) is -0.269. The molecule has 0 aliphatic carbocycles. The van der Waals surface area contributed by atoms with E-state index in [2.05, 4.69) is 16.0 Å². The maximum Gasteiger partial charge on any atom is 0.160 e. The smallest absolute Gasteiger partial charge is 0.160 e. The van der Waals surface area contributed by atoms with Gasteiger partial charge >= 0.3 is 0 Å². The summed E-state index contributed by atoms with van der Waals surface area (Å²) in [5, 5.41) is 11.5. The highest BCUT2D eigenvalue weighted by Crippen LogP contribution is 2.36. The molecule has 1 aliphatic heterocycles. The van der Waals surface area contributed by atoms with Crippen molar-refractivity contribution in [2.45, 2.75) is 13.0 Å². The van der Waals surface area contributed by atoms with Crippen molar-refractivity contribution in [3.8, 4) is 5.75 Å². The van der Waals surface area contributed by atoms with E-state index < -0.39 is 0 Å². The Kier molecular flexibility index (Phi) is 5.86. The van der Waals surface area contributed by atoms with Crippen LogP contribution in [0, 0.1) is 5.82 Å². The standard InChI is InChI=1S/C23H19Cl2FN2O/c24-20-13-21(25)23(29)22-19(20)8-7-18(27-22)6-3-15-9-11-28(12-10-15)14-16-1-4-17(26)5-2-16/h1-9,13,29H,10-12,14H2. The molecule has 148 valence electrons. The number of halogens is 3. The van der Waals surface area contributed by atoms with E-state index in [0.29, 0.717) is 15.9 Å². The molecule has 4 rings (SSSR count). The fourth-order valence-corrected chi connectivity index (χ4v) is 3.89. The molecule has 0 amide bonds. The molecule has 0 radical (unpaired) electrons. The SMILES string of the molecule is Oc1c(Cl)cc(Cl)c2ccc(C=CC3=CCN(Cc4ccc(F)cc4)CC3)nc12. The number of aromatic nitrogens is 1. The van der Waals surface area contributed by atoms with Crippen LogP contribution in [0.1, 0.15) is 17.7 Å². The fraction of sp³-hybridized carbons (Fsp3) is 0.174. The van der Waals surface area contributed by atoms with Crippen LogP contribution >= 0.6 is 23.2 Å². The van der Waals surface area contributed by atoms with Crippen molar-refractivity contribution >= 4 is 40.2 Å². The molecule has 6 heteroatoms. The van der Waals surface area contributed by atoms with Gasteiger partial charge in [0.15, 0.2) is 5.75 Å². The van der Waals surface area contributed by atoms with Gasteiger partial charge in [-0.3, -0.25) is 4.90 Å². The number of pyridine rings is 1. The average Bonchev–Trinajstić information content (AvgIpc) is 2.73. The minimum atomic E-state index is -0.208. The first kappa shape index (κ1) is 19.9. The summed E-state index contributed by atoms with van der Waals surface area (Å²) in [6.07, 6.45) is 7.09. The summed E-state index contributed by atoms with van der Waals surface area (Å²) in [5.41, 5.74) is 3.46. The van der Waals surface area contributed by atoms with Gasteiger partial charge in [0.1, 0.15) is 11.3 Å². The lowest BCUT2D eigenvalue weighted by molar-refractivity contribution is 0.287. The number of phenols is 1. The third-order valence-electron chi connectivity index (χ3n) is 4.99. The predicted octanol–water partition coefficient (Wildman–Crippen LogP) is 6.23. The second kappa shape index (κ2) is 8.54. The molecule has 0 unspecified atom stereocenters. The van der Waals surface area contributed by atoms with Crippen LogP contribution in [0.5, 0.6) is 5.75 Å². The van der Waals surface area contributed by atoms with Crippen LogP contribution in [-0.2, 0) is 6.54 Å². The van der Waals surface area contributed by atoms with Gasteiger partial charge in [-0.05, 0) is 54.0 Å². The summed E-state index contributed by atoms with van der Waals surface area (Å²) in [6.45, 7) is 2.58. The Labute approximate surface area is 178 Å². The normalized spacial score (nSPS) is 15.2. The van der Waals surface area contributed by atoms with Crippen molar-refractivity contribution in [1.82, 2.24) is 9.88 Å². The number of benzene rings is 2. The molecule has 29 heavy (non-hydrogen) atoms. The van der Waals surface area contributed by atoms with E-state index in [1.165, 1.54) is 23.8 Å². The van der Waals surface area contributed by atoms with Crippen molar-refractivity contribution in [2.75, 3.05) is 13.1 Å². The number of hydrogen-bond donors (Lipinski definition) is 1. The van der Waals surface area contributed by atoms with E-state index in [1.54, 1.807) is 0 Å². The average molecular weight is 429 g/mol. The van der Waals surface area contributed by atoms with Crippen molar-refractivity contribution in [3.63, 3.8) is 0 Å². The monoisotopic (exact) mass is 428 g/mol. The van der Waals surface area contributed by atoms with Crippen molar-refractivity contribution in [3.05, 3.63) is 87.3 Å². The third-order valence-corrected chi connectivity index (χ3v) is 5.59. The van der Waals surface area contributed by atoms with Crippen molar-refractivity contribution in [1.29, 1.82) is 0 Å². The van der Waals surface area contributed by atoms with Gasteiger partial charge in [0.25, 0.3) is 0 Å². The number of aromatic hydroxyl groups is 1.